The van der Waals surface area contributed by atoms with E-state index in [2.05, 4.69) is 41.8 Å². The molecule has 0 bridgehead atoms. The molecule has 0 atom stereocenters. The Kier molecular flexibility index (Phi) is 2.72. The number of imidazole rings is 1. The third-order valence-corrected chi connectivity index (χ3v) is 2.87. The van der Waals surface area contributed by atoms with Crippen LogP contribution in [-0.4, -0.2) is 15.1 Å². The maximum absolute atomic E-state index is 4.40. The molecule has 1 aromatic rings. The van der Waals surface area contributed by atoms with Gasteiger partial charge in [-0.3, -0.25) is 0 Å². The van der Waals surface area contributed by atoms with E-state index in [9.17, 15) is 0 Å². The molecule has 1 aliphatic carbocycles. The van der Waals surface area contributed by atoms with Crippen LogP contribution in [0.2, 0.25) is 0 Å². The Morgan fingerprint density at radius 1 is 1.33 bits per heavy atom. The first kappa shape index (κ1) is 10.5. The highest BCUT2D eigenvalue weighted by molar-refractivity contribution is 5.30. The molecule has 2 rings (SSSR count). The van der Waals surface area contributed by atoms with E-state index in [1.165, 1.54) is 25.7 Å². The standard InChI is InChI=1S/C12H21N3/c1-12(2,3)14-11-13-8-9-15(11)10-6-4-5-7-10/h8-10H,4-7H2,1-3H3,(H,13,14). The molecule has 15 heavy (non-hydrogen) atoms. The summed E-state index contributed by atoms with van der Waals surface area (Å²) in [7, 11) is 0. The second-order valence-electron chi connectivity index (χ2n) is 5.47. The van der Waals surface area contributed by atoms with Crippen molar-refractivity contribution in [2.75, 3.05) is 5.32 Å². The summed E-state index contributed by atoms with van der Waals surface area (Å²) in [5, 5.41) is 3.46. The average Bonchev–Trinajstić information content (AvgIpc) is 2.68. The number of aromatic nitrogens is 2. The van der Waals surface area contributed by atoms with Gasteiger partial charge in [-0.15, -0.1) is 0 Å². The average molecular weight is 207 g/mol. The maximum Gasteiger partial charge on any atom is 0.203 e. The Bertz CT molecular complexity index is 316. The molecule has 1 N–H and O–H groups in total. The van der Waals surface area contributed by atoms with Crippen LogP contribution in [0, 0.1) is 0 Å². The molecule has 0 amide bonds. The van der Waals surface area contributed by atoms with E-state index in [1.807, 2.05) is 6.20 Å². The minimum absolute atomic E-state index is 0.0850. The van der Waals surface area contributed by atoms with Crippen LogP contribution in [0.25, 0.3) is 0 Å². The second kappa shape index (κ2) is 3.87. The zero-order valence-corrected chi connectivity index (χ0v) is 9.95. The van der Waals surface area contributed by atoms with Crippen molar-refractivity contribution in [3.63, 3.8) is 0 Å². The van der Waals surface area contributed by atoms with E-state index in [4.69, 9.17) is 0 Å². The molecule has 84 valence electrons. The van der Waals surface area contributed by atoms with Crippen molar-refractivity contribution in [2.45, 2.75) is 58.0 Å². The van der Waals surface area contributed by atoms with Crippen LogP contribution in [0.1, 0.15) is 52.5 Å². The lowest BCUT2D eigenvalue weighted by atomic mass is 10.1. The molecule has 0 aromatic carbocycles. The number of rotatable bonds is 2. The van der Waals surface area contributed by atoms with E-state index in [0.717, 1.165) is 5.95 Å². The van der Waals surface area contributed by atoms with Gasteiger partial charge >= 0.3 is 0 Å². The molecule has 0 spiro atoms. The lowest BCUT2D eigenvalue weighted by Gasteiger charge is -2.24. The number of anilines is 1. The van der Waals surface area contributed by atoms with Gasteiger partial charge in [-0.25, -0.2) is 4.98 Å². The summed E-state index contributed by atoms with van der Waals surface area (Å²) >= 11 is 0. The van der Waals surface area contributed by atoms with Gasteiger partial charge in [0.1, 0.15) is 0 Å². The monoisotopic (exact) mass is 207 g/mol. The predicted octanol–water partition coefficient (Wildman–Crippen LogP) is 3.21. The van der Waals surface area contributed by atoms with Crippen molar-refractivity contribution in [1.82, 2.24) is 9.55 Å². The van der Waals surface area contributed by atoms with Gasteiger partial charge in [0.2, 0.25) is 5.95 Å². The molecule has 1 aliphatic rings. The van der Waals surface area contributed by atoms with E-state index in [0.29, 0.717) is 6.04 Å². The zero-order chi connectivity index (χ0) is 10.9. The van der Waals surface area contributed by atoms with Crippen LogP contribution in [0.5, 0.6) is 0 Å². The normalized spacial score (nSPS) is 18.3. The van der Waals surface area contributed by atoms with E-state index in [-0.39, 0.29) is 5.54 Å². The molecule has 3 heteroatoms. The summed E-state index contributed by atoms with van der Waals surface area (Å²) in [5.74, 6) is 1.02. The molecule has 0 unspecified atom stereocenters. The highest BCUT2D eigenvalue weighted by Gasteiger charge is 2.21. The van der Waals surface area contributed by atoms with Crippen molar-refractivity contribution >= 4 is 5.95 Å². The van der Waals surface area contributed by atoms with Gasteiger partial charge in [0, 0.05) is 24.0 Å². The van der Waals surface area contributed by atoms with Gasteiger partial charge < -0.3 is 9.88 Å². The summed E-state index contributed by atoms with van der Waals surface area (Å²) in [5.41, 5.74) is 0.0850. The minimum atomic E-state index is 0.0850. The summed E-state index contributed by atoms with van der Waals surface area (Å²) in [4.78, 5) is 4.40. The van der Waals surface area contributed by atoms with Crippen LogP contribution in [0.15, 0.2) is 12.4 Å². The Hall–Kier alpha value is -0.990. The van der Waals surface area contributed by atoms with Crippen LogP contribution in [0.4, 0.5) is 5.95 Å². The predicted molar refractivity (Wildman–Crippen MR) is 63.1 cm³/mol. The lowest BCUT2D eigenvalue weighted by Crippen LogP contribution is -2.28. The van der Waals surface area contributed by atoms with Crippen LogP contribution in [-0.2, 0) is 0 Å². The Balaban J connectivity index is 2.14. The summed E-state index contributed by atoms with van der Waals surface area (Å²) in [6, 6.07) is 0.664. The van der Waals surface area contributed by atoms with Gasteiger partial charge in [-0.05, 0) is 33.6 Å². The van der Waals surface area contributed by atoms with Crippen molar-refractivity contribution < 1.29 is 0 Å². The summed E-state index contributed by atoms with van der Waals surface area (Å²) in [6.07, 6.45) is 9.32. The number of nitrogens with zero attached hydrogens (tertiary/aromatic N) is 2. The van der Waals surface area contributed by atoms with Crippen LogP contribution >= 0.6 is 0 Å². The highest BCUT2D eigenvalue weighted by atomic mass is 15.2. The van der Waals surface area contributed by atoms with Crippen molar-refractivity contribution in [3.05, 3.63) is 12.4 Å². The molecule has 0 aliphatic heterocycles. The fourth-order valence-electron chi connectivity index (χ4n) is 2.22. The third-order valence-electron chi connectivity index (χ3n) is 2.87. The highest BCUT2D eigenvalue weighted by Crippen LogP contribution is 2.31. The first-order valence-electron chi connectivity index (χ1n) is 5.87. The fraction of sp³-hybridized carbons (Fsp3) is 0.750. The van der Waals surface area contributed by atoms with Crippen molar-refractivity contribution in [3.8, 4) is 0 Å². The van der Waals surface area contributed by atoms with E-state index in [1.54, 1.807) is 0 Å². The summed E-state index contributed by atoms with van der Waals surface area (Å²) in [6.45, 7) is 6.50. The number of nitrogens with one attached hydrogen (secondary N) is 1. The molecule has 0 saturated heterocycles. The molecular weight excluding hydrogens is 186 g/mol. The number of hydrogen-bond acceptors (Lipinski definition) is 2. The molecule has 1 aromatic heterocycles. The Labute approximate surface area is 91.9 Å². The molecular formula is C12H21N3. The molecule has 1 fully saturated rings. The van der Waals surface area contributed by atoms with Crippen LogP contribution in [0.3, 0.4) is 0 Å². The minimum Gasteiger partial charge on any atom is -0.351 e. The largest absolute Gasteiger partial charge is 0.351 e. The SMILES string of the molecule is CC(C)(C)Nc1nccn1C1CCCC1. The molecule has 1 heterocycles. The number of hydrogen-bond donors (Lipinski definition) is 1. The Morgan fingerprint density at radius 3 is 2.60 bits per heavy atom. The van der Waals surface area contributed by atoms with Crippen molar-refractivity contribution in [2.24, 2.45) is 0 Å². The first-order valence-corrected chi connectivity index (χ1v) is 5.87. The van der Waals surface area contributed by atoms with Crippen molar-refractivity contribution in [1.29, 1.82) is 0 Å². The Morgan fingerprint density at radius 2 is 2.00 bits per heavy atom. The fourth-order valence-corrected chi connectivity index (χ4v) is 2.22. The van der Waals surface area contributed by atoms with Gasteiger partial charge in [0.05, 0.1) is 0 Å². The van der Waals surface area contributed by atoms with Crippen LogP contribution < -0.4 is 5.32 Å². The molecule has 1 saturated carbocycles. The maximum atomic E-state index is 4.40. The van der Waals surface area contributed by atoms with Gasteiger partial charge in [0.25, 0.3) is 0 Å². The first-order chi connectivity index (χ1) is 7.06. The molecule has 0 radical (unpaired) electrons. The lowest BCUT2D eigenvalue weighted by molar-refractivity contribution is 0.512. The van der Waals surface area contributed by atoms with Gasteiger partial charge in [-0.1, -0.05) is 12.8 Å². The quantitative estimate of drug-likeness (QED) is 0.807. The topological polar surface area (TPSA) is 29.9 Å². The smallest absolute Gasteiger partial charge is 0.203 e. The zero-order valence-electron chi connectivity index (χ0n) is 9.95. The van der Waals surface area contributed by atoms with E-state index >= 15 is 0 Å². The second-order valence-corrected chi connectivity index (χ2v) is 5.47. The van der Waals surface area contributed by atoms with Gasteiger partial charge in [-0.2, -0.15) is 0 Å². The molecule has 3 nitrogen and oxygen atoms in total. The van der Waals surface area contributed by atoms with Gasteiger partial charge in [0.15, 0.2) is 0 Å². The summed E-state index contributed by atoms with van der Waals surface area (Å²) < 4.78 is 2.30. The van der Waals surface area contributed by atoms with E-state index < -0.39 is 0 Å². The third kappa shape index (κ3) is 2.52.